The fraction of sp³-hybridized carbons (Fsp3) is 0.920. The van der Waals surface area contributed by atoms with Crippen molar-refractivity contribution in [2.75, 3.05) is 47.5 Å². The van der Waals surface area contributed by atoms with Gasteiger partial charge in [0.15, 0.2) is 6.10 Å². The third-order valence-electron chi connectivity index (χ3n) is 11.3. The minimum Gasteiger partial charge on any atom is -0.462 e. The molecule has 0 bridgehead atoms. The zero-order valence-corrected chi connectivity index (χ0v) is 41.1. The van der Waals surface area contributed by atoms with Gasteiger partial charge in [-0.3, -0.25) is 18.6 Å². The predicted molar refractivity (Wildman–Crippen MR) is 252 cm³/mol. The molecule has 0 fully saturated rings. The van der Waals surface area contributed by atoms with Gasteiger partial charge < -0.3 is 18.9 Å². The number of phosphoric ester groups is 1. The Kier molecular flexibility index (Phi) is 42.1. The van der Waals surface area contributed by atoms with Gasteiger partial charge in [-0.15, -0.1) is 0 Å². The largest absolute Gasteiger partial charge is 0.472 e. The van der Waals surface area contributed by atoms with Crippen molar-refractivity contribution < 1.29 is 42.1 Å². The van der Waals surface area contributed by atoms with E-state index in [4.69, 9.17) is 18.5 Å². The number of ether oxygens (including phenoxy) is 2. The molecule has 0 spiro atoms. The lowest BCUT2D eigenvalue weighted by Gasteiger charge is -2.24. The molecule has 0 aromatic rings. The molecular weight excluding hydrogens is 774 g/mol. The monoisotopic (exact) mass is 873 g/mol. The molecule has 10 heteroatoms. The van der Waals surface area contributed by atoms with Gasteiger partial charge in [0, 0.05) is 12.8 Å². The molecule has 1 N–H and O–H groups in total. The summed E-state index contributed by atoms with van der Waals surface area (Å²) in [5, 5.41) is 0. The SMILES string of the molecule is CCCCCCCCCCC/C=C/CCCCC(=O)O[C@@H](COC(=O)CCCCCCCCCCCCCCCCCCCCCCC)COP(=O)(O)OCC[N+](C)(C)C. The zero-order chi connectivity index (χ0) is 44.3. The number of hydrogen-bond acceptors (Lipinski definition) is 7. The summed E-state index contributed by atoms with van der Waals surface area (Å²) in [6.07, 6.45) is 47.0. The summed E-state index contributed by atoms with van der Waals surface area (Å²) in [6, 6.07) is 0. The summed E-state index contributed by atoms with van der Waals surface area (Å²) in [4.78, 5) is 35.5. The molecule has 9 nitrogen and oxygen atoms in total. The summed E-state index contributed by atoms with van der Waals surface area (Å²) >= 11 is 0. The van der Waals surface area contributed by atoms with E-state index in [2.05, 4.69) is 26.0 Å². The highest BCUT2D eigenvalue weighted by Crippen LogP contribution is 2.43. The molecule has 0 rings (SSSR count). The van der Waals surface area contributed by atoms with E-state index in [1.165, 1.54) is 173 Å². The average Bonchev–Trinajstić information content (AvgIpc) is 3.20. The average molecular weight is 873 g/mol. The van der Waals surface area contributed by atoms with Crippen LogP contribution >= 0.6 is 7.82 Å². The van der Waals surface area contributed by atoms with E-state index >= 15 is 0 Å². The van der Waals surface area contributed by atoms with Gasteiger partial charge in [-0.25, -0.2) is 4.57 Å². The molecule has 0 aliphatic rings. The van der Waals surface area contributed by atoms with E-state index in [1.54, 1.807) is 0 Å². The maximum Gasteiger partial charge on any atom is 0.472 e. The molecule has 0 aromatic carbocycles. The molecular formula is C50H99NO8P+. The maximum absolute atomic E-state index is 12.7. The van der Waals surface area contributed by atoms with Crippen LogP contribution in [0.5, 0.6) is 0 Å². The third kappa shape index (κ3) is 46.3. The fourth-order valence-corrected chi connectivity index (χ4v) is 8.05. The smallest absolute Gasteiger partial charge is 0.462 e. The van der Waals surface area contributed by atoms with E-state index in [9.17, 15) is 19.0 Å². The number of esters is 2. The number of unbranched alkanes of at least 4 members (excludes halogenated alkanes) is 31. The molecule has 0 aliphatic heterocycles. The van der Waals surface area contributed by atoms with Crippen molar-refractivity contribution in [1.82, 2.24) is 0 Å². The van der Waals surface area contributed by atoms with Gasteiger partial charge in [-0.1, -0.05) is 206 Å². The number of hydrogen-bond donors (Lipinski definition) is 1. The Morgan fingerprint density at radius 1 is 0.500 bits per heavy atom. The third-order valence-corrected chi connectivity index (χ3v) is 12.3. The zero-order valence-electron chi connectivity index (χ0n) is 40.2. The molecule has 0 aliphatic carbocycles. The van der Waals surface area contributed by atoms with Crippen molar-refractivity contribution in [3.63, 3.8) is 0 Å². The van der Waals surface area contributed by atoms with Crippen molar-refractivity contribution in [2.45, 2.75) is 251 Å². The highest BCUT2D eigenvalue weighted by Gasteiger charge is 2.27. The Morgan fingerprint density at radius 3 is 1.27 bits per heavy atom. The van der Waals surface area contributed by atoms with Crippen LogP contribution in [0.15, 0.2) is 12.2 Å². The molecule has 2 atom stereocenters. The van der Waals surface area contributed by atoms with Crippen LogP contribution in [0.25, 0.3) is 0 Å². The van der Waals surface area contributed by atoms with Crippen LogP contribution < -0.4 is 0 Å². The summed E-state index contributed by atoms with van der Waals surface area (Å²) in [5.41, 5.74) is 0. The van der Waals surface area contributed by atoms with Gasteiger partial charge in [-0.2, -0.15) is 0 Å². The number of rotatable bonds is 47. The summed E-state index contributed by atoms with van der Waals surface area (Å²) in [7, 11) is 1.48. The Morgan fingerprint density at radius 2 is 0.850 bits per heavy atom. The van der Waals surface area contributed by atoms with Crippen LogP contribution in [0, 0.1) is 0 Å². The lowest BCUT2D eigenvalue weighted by Crippen LogP contribution is -2.37. The second-order valence-corrected chi connectivity index (χ2v) is 20.0. The van der Waals surface area contributed by atoms with Crippen LogP contribution in [-0.2, 0) is 32.7 Å². The van der Waals surface area contributed by atoms with Crippen LogP contribution in [0.3, 0.4) is 0 Å². The second-order valence-electron chi connectivity index (χ2n) is 18.6. The minimum absolute atomic E-state index is 0.0316. The van der Waals surface area contributed by atoms with Crippen LogP contribution in [0.2, 0.25) is 0 Å². The van der Waals surface area contributed by atoms with E-state index in [0.717, 1.165) is 38.5 Å². The second kappa shape index (κ2) is 43.0. The summed E-state index contributed by atoms with van der Waals surface area (Å²) in [5.74, 6) is -0.809. The molecule has 0 saturated carbocycles. The lowest BCUT2D eigenvalue weighted by atomic mass is 10.0. The Bertz CT molecular complexity index is 1030. The van der Waals surface area contributed by atoms with E-state index < -0.39 is 26.5 Å². The Hall–Kier alpha value is -1.25. The van der Waals surface area contributed by atoms with Crippen LogP contribution in [0.4, 0.5) is 0 Å². The number of allylic oxidation sites excluding steroid dienone is 2. The molecule has 60 heavy (non-hydrogen) atoms. The van der Waals surface area contributed by atoms with Crippen molar-refractivity contribution in [3.05, 3.63) is 12.2 Å². The predicted octanol–water partition coefficient (Wildman–Crippen LogP) is 14.9. The first-order chi connectivity index (χ1) is 29.0. The first-order valence-corrected chi connectivity index (χ1v) is 26.9. The molecule has 0 heterocycles. The number of phosphoric acid groups is 1. The minimum atomic E-state index is -4.38. The quantitative estimate of drug-likeness (QED) is 0.0212. The number of nitrogens with zero attached hydrogens (tertiary/aromatic N) is 1. The van der Waals surface area contributed by atoms with Gasteiger partial charge in [0.2, 0.25) is 0 Å². The number of likely N-dealkylation sites (N-methyl/N-ethyl adjacent to an activating group) is 1. The first kappa shape index (κ1) is 58.8. The first-order valence-electron chi connectivity index (χ1n) is 25.4. The number of carbonyl (C=O) groups excluding carboxylic acids is 2. The Labute approximate surface area is 371 Å². The van der Waals surface area contributed by atoms with Gasteiger partial charge in [0.1, 0.15) is 19.8 Å². The van der Waals surface area contributed by atoms with Gasteiger partial charge in [0.25, 0.3) is 0 Å². The lowest BCUT2D eigenvalue weighted by molar-refractivity contribution is -0.870. The van der Waals surface area contributed by atoms with E-state index in [0.29, 0.717) is 23.9 Å². The normalized spacial score (nSPS) is 13.5. The topological polar surface area (TPSA) is 108 Å². The Balaban J connectivity index is 4.21. The van der Waals surface area contributed by atoms with Gasteiger partial charge >= 0.3 is 19.8 Å². The van der Waals surface area contributed by atoms with Crippen LogP contribution in [-0.4, -0.2) is 74.9 Å². The van der Waals surface area contributed by atoms with Gasteiger partial charge in [-0.05, 0) is 38.5 Å². The number of quaternary nitrogens is 1. The molecule has 0 aromatic heterocycles. The van der Waals surface area contributed by atoms with E-state index in [-0.39, 0.29) is 25.6 Å². The molecule has 0 radical (unpaired) electrons. The van der Waals surface area contributed by atoms with Gasteiger partial charge in [0.05, 0.1) is 27.7 Å². The van der Waals surface area contributed by atoms with Crippen molar-refractivity contribution in [3.8, 4) is 0 Å². The molecule has 0 saturated heterocycles. The standard InChI is InChI=1S/C50H98NO8P/c1-6-8-10-12-14-16-18-20-22-23-24-25-26-27-29-30-32-34-36-38-40-42-49(52)56-46-48(47-58-60(54,55)57-45-44-51(3,4)5)59-50(53)43-41-39-37-35-33-31-28-21-19-17-15-13-11-9-7-2/h33,35,48H,6-32,34,36-47H2,1-5H3/p+1/b35-33+/t48-/m0/s1. The summed E-state index contributed by atoms with van der Waals surface area (Å²) in [6.45, 7) is 4.45. The number of carbonyl (C=O) groups is 2. The van der Waals surface area contributed by atoms with Crippen molar-refractivity contribution in [2.24, 2.45) is 0 Å². The van der Waals surface area contributed by atoms with Crippen LogP contribution in [0.1, 0.15) is 245 Å². The highest BCUT2D eigenvalue weighted by atomic mass is 31.2. The highest BCUT2D eigenvalue weighted by molar-refractivity contribution is 7.47. The maximum atomic E-state index is 12.7. The fourth-order valence-electron chi connectivity index (χ4n) is 7.31. The van der Waals surface area contributed by atoms with Crippen molar-refractivity contribution >= 4 is 19.8 Å². The molecule has 356 valence electrons. The van der Waals surface area contributed by atoms with Crippen molar-refractivity contribution in [1.29, 1.82) is 0 Å². The van der Waals surface area contributed by atoms with E-state index in [1.807, 2.05) is 21.1 Å². The molecule has 0 amide bonds. The summed E-state index contributed by atoms with van der Waals surface area (Å²) < 4.78 is 34.4. The molecule has 1 unspecified atom stereocenters.